The van der Waals surface area contributed by atoms with Crippen molar-refractivity contribution in [3.05, 3.63) is 95.1 Å². The summed E-state index contributed by atoms with van der Waals surface area (Å²) >= 11 is 0. The number of fused-ring (bicyclic) bond motifs is 1. The third-order valence-corrected chi connectivity index (χ3v) is 5.38. The molecule has 3 N–H and O–H groups in total. The minimum absolute atomic E-state index is 0.0202. The van der Waals surface area contributed by atoms with Crippen LogP contribution in [0.3, 0.4) is 0 Å². The molecule has 5 nitrogen and oxygen atoms in total. The molecule has 0 fully saturated rings. The molecule has 4 rings (SSSR count). The number of pyridine rings is 1. The standard InChI is InChI=1S/C26H22FN3O2/c1-15(2)16-3-5-17(6-4-16)25(32)21-9-7-18(12-23(21)27)20-11-22-19(8-10-24(28)31)13-29-26(22)30-14-20/h3-15H,1-2H3,(H2,28,31)(H,29,30). The van der Waals surface area contributed by atoms with Crippen LogP contribution in [0, 0.1) is 5.82 Å². The number of aromatic amines is 1. The van der Waals surface area contributed by atoms with Gasteiger partial charge in [-0.2, -0.15) is 0 Å². The molecule has 6 heteroatoms. The first-order valence-electron chi connectivity index (χ1n) is 10.2. The van der Waals surface area contributed by atoms with E-state index < -0.39 is 11.7 Å². The van der Waals surface area contributed by atoms with Gasteiger partial charge in [-0.25, -0.2) is 9.37 Å². The molecule has 0 aliphatic carbocycles. The predicted molar refractivity (Wildman–Crippen MR) is 124 cm³/mol. The van der Waals surface area contributed by atoms with Gasteiger partial charge < -0.3 is 10.7 Å². The molecule has 4 aromatic rings. The van der Waals surface area contributed by atoms with Gasteiger partial charge in [-0.05, 0) is 41.3 Å². The predicted octanol–water partition coefficient (Wildman–Crippen LogP) is 5.22. The Bertz CT molecular complexity index is 1350. The quantitative estimate of drug-likeness (QED) is 0.326. The number of aromatic nitrogens is 2. The minimum Gasteiger partial charge on any atom is -0.366 e. The Morgan fingerprint density at radius 2 is 1.81 bits per heavy atom. The van der Waals surface area contributed by atoms with Crippen molar-refractivity contribution in [2.75, 3.05) is 0 Å². The topological polar surface area (TPSA) is 88.8 Å². The molecule has 0 saturated heterocycles. The number of nitrogens with one attached hydrogen (secondary N) is 1. The number of rotatable bonds is 6. The first-order chi connectivity index (χ1) is 15.3. The van der Waals surface area contributed by atoms with E-state index in [0.29, 0.717) is 28.3 Å². The molecule has 0 atom stereocenters. The number of carbonyl (C=O) groups excluding carboxylic acids is 2. The Kier molecular flexibility index (Phi) is 5.69. The number of carbonyl (C=O) groups is 2. The van der Waals surface area contributed by atoms with Crippen molar-refractivity contribution in [3.63, 3.8) is 0 Å². The highest BCUT2D eigenvalue weighted by atomic mass is 19.1. The summed E-state index contributed by atoms with van der Waals surface area (Å²) in [5, 5.41) is 0.769. The molecular weight excluding hydrogens is 405 g/mol. The number of halogens is 1. The third kappa shape index (κ3) is 4.21. The third-order valence-electron chi connectivity index (χ3n) is 5.38. The fourth-order valence-electron chi connectivity index (χ4n) is 3.55. The van der Waals surface area contributed by atoms with Gasteiger partial charge in [0.05, 0.1) is 5.56 Å². The summed E-state index contributed by atoms with van der Waals surface area (Å²) in [5.74, 6) is -1.15. The Hall–Kier alpha value is -4.06. The molecule has 0 saturated carbocycles. The van der Waals surface area contributed by atoms with Crippen molar-refractivity contribution in [1.82, 2.24) is 9.97 Å². The highest BCUT2D eigenvalue weighted by Crippen LogP contribution is 2.27. The lowest BCUT2D eigenvalue weighted by molar-refractivity contribution is -0.113. The molecular formula is C26H22FN3O2. The molecule has 0 unspecified atom stereocenters. The second-order valence-corrected chi connectivity index (χ2v) is 7.90. The van der Waals surface area contributed by atoms with Crippen LogP contribution in [0.5, 0.6) is 0 Å². The number of hydrogen-bond acceptors (Lipinski definition) is 3. The molecule has 0 bridgehead atoms. The first-order valence-corrected chi connectivity index (χ1v) is 10.2. The highest BCUT2D eigenvalue weighted by Gasteiger charge is 2.16. The summed E-state index contributed by atoms with van der Waals surface area (Å²) in [4.78, 5) is 31.2. The number of nitrogens with two attached hydrogens (primary N) is 1. The summed E-state index contributed by atoms with van der Waals surface area (Å²) in [5.41, 5.74) is 9.41. The molecule has 0 spiro atoms. The van der Waals surface area contributed by atoms with Crippen molar-refractivity contribution < 1.29 is 14.0 Å². The summed E-state index contributed by atoms with van der Waals surface area (Å²) in [6, 6.07) is 13.6. The summed E-state index contributed by atoms with van der Waals surface area (Å²) < 4.78 is 14.9. The zero-order valence-electron chi connectivity index (χ0n) is 17.7. The second-order valence-electron chi connectivity index (χ2n) is 7.90. The maximum Gasteiger partial charge on any atom is 0.241 e. The first kappa shape index (κ1) is 21.2. The number of nitrogens with zero attached hydrogens (tertiary/aromatic N) is 1. The van der Waals surface area contributed by atoms with E-state index in [-0.39, 0.29) is 11.3 Å². The lowest BCUT2D eigenvalue weighted by Gasteiger charge is -2.08. The van der Waals surface area contributed by atoms with Gasteiger partial charge >= 0.3 is 0 Å². The maximum absolute atomic E-state index is 14.9. The molecule has 2 aromatic carbocycles. The number of ketones is 1. The summed E-state index contributed by atoms with van der Waals surface area (Å²) in [6.07, 6.45) is 6.21. The van der Waals surface area contributed by atoms with Crippen LogP contribution in [0.1, 0.15) is 46.8 Å². The second kappa shape index (κ2) is 8.59. The van der Waals surface area contributed by atoms with Gasteiger partial charge in [-0.15, -0.1) is 0 Å². The Morgan fingerprint density at radius 1 is 1.06 bits per heavy atom. The summed E-state index contributed by atoms with van der Waals surface area (Å²) in [6.45, 7) is 4.15. The van der Waals surface area contributed by atoms with Crippen LogP contribution in [-0.2, 0) is 4.79 Å². The fraction of sp³-hybridized carbons (Fsp3) is 0.115. The number of H-pyrrole nitrogens is 1. The van der Waals surface area contributed by atoms with E-state index in [1.807, 2.05) is 18.2 Å². The van der Waals surface area contributed by atoms with Crippen LogP contribution in [0.15, 0.2) is 67.0 Å². The van der Waals surface area contributed by atoms with Crippen LogP contribution in [0.25, 0.3) is 28.2 Å². The van der Waals surface area contributed by atoms with Crippen molar-refractivity contribution in [2.45, 2.75) is 19.8 Å². The molecule has 2 heterocycles. The van der Waals surface area contributed by atoms with Crippen molar-refractivity contribution in [2.24, 2.45) is 5.73 Å². The van der Waals surface area contributed by atoms with E-state index in [1.54, 1.807) is 36.7 Å². The smallest absolute Gasteiger partial charge is 0.241 e. The molecule has 0 aliphatic rings. The lowest BCUT2D eigenvalue weighted by Crippen LogP contribution is -2.05. The number of primary amides is 1. The number of hydrogen-bond donors (Lipinski definition) is 2. The highest BCUT2D eigenvalue weighted by molar-refractivity contribution is 6.09. The van der Waals surface area contributed by atoms with Gasteiger partial charge in [-0.1, -0.05) is 44.2 Å². The Morgan fingerprint density at radius 3 is 2.47 bits per heavy atom. The Labute approximate surface area is 184 Å². The SMILES string of the molecule is CC(C)c1ccc(C(=O)c2ccc(-c3cnc4[nH]cc(C=CC(N)=O)c4c3)cc2F)cc1. The van der Waals surface area contributed by atoms with E-state index in [0.717, 1.165) is 16.5 Å². The molecule has 0 aliphatic heterocycles. The summed E-state index contributed by atoms with van der Waals surface area (Å²) in [7, 11) is 0. The molecule has 1 amide bonds. The zero-order valence-corrected chi connectivity index (χ0v) is 17.7. The molecule has 0 radical (unpaired) electrons. The largest absolute Gasteiger partial charge is 0.366 e. The average molecular weight is 427 g/mol. The number of amides is 1. The molecule has 32 heavy (non-hydrogen) atoms. The maximum atomic E-state index is 14.9. The fourth-order valence-corrected chi connectivity index (χ4v) is 3.55. The van der Waals surface area contributed by atoms with E-state index >= 15 is 0 Å². The van der Waals surface area contributed by atoms with Gasteiger partial charge in [-0.3, -0.25) is 9.59 Å². The van der Waals surface area contributed by atoms with Crippen LogP contribution in [0.4, 0.5) is 4.39 Å². The van der Waals surface area contributed by atoms with Crippen LogP contribution in [-0.4, -0.2) is 21.7 Å². The van der Waals surface area contributed by atoms with E-state index in [9.17, 15) is 14.0 Å². The number of benzene rings is 2. The Balaban J connectivity index is 1.65. The van der Waals surface area contributed by atoms with Crippen molar-refractivity contribution >= 4 is 28.8 Å². The van der Waals surface area contributed by atoms with Gasteiger partial charge in [0.2, 0.25) is 5.91 Å². The van der Waals surface area contributed by atoms with Crippen LogP contribution in [0.2, 0.25) is 0 Å². The van der Waals surface area contributed by atoms with E-state index in [1.165, 1.54) is 18.2 Å². The van der Waals surface area contributed by atoms with E-state index in [4.69, 9.17) is 5.73 Å². The molecule has 160 valence electrons. The normalized spacial score (nSPS) is 11.5. The van der Waals surface area contributed by atoms with Crippen LogP contribution >= 0.6 is 0 Å². The minimum atomic E-state index is -0.594. The van der Waals surface area contributed by atoms with Gasteiger partial charge in [0.15, 0.2) is 5.78 Å². The van der Waals surface area contributed by atoms with E-state index in [2.05, 4.69) is 23.8 Å². The molecule has 2 aromatic heterocycles. The van der Waals surface area contributed by atoms with Gasteiger partial charge in [0.25, 0.3) is 0 Å². The average Bonchev–Trinajstić information content (AvgIpc) is 3.19. The monoisotopic (exact) mass is 427 g/mol. The lowest BCUT2D eigenvalue weighted by atomic mass is 9.96. The van der Waals surface area contributed by atoms with Crippen LogP contribution < -0.4 is 5.73 Å². The zero-order chi connectivity index (χ0) is 22.8. The van der Waals surface area contributed by atoms with Crippen molar-refractivity contribution in [3.8, 4) is 11.1 Å². The van der Waals surface area contributed by atoms with Crippen molar-refractivity contribution in [1.29, 1.82) is 0 Å². The van der Waals surface area contributed by atoms with Gasteiger partial charge in [0.1, 0.15) is 11.5 Å². The van der Waals surface area contributed by atoms with Gasteiger partial charge in [0, 0.05) is 40.5 Å².